The summed E-state index contributed by atoms with van der Waals surface area (Å²) >= 11 is 5.86. The molecule has 2 rings (SSSR count). The van der Waals surface area contributed by atoms with Crippen molar-refractivity contribution in [2.45, 2.75) is 39.2 Å². The molecule has 0 saturated heterocycles. The number of hydrogen-bond donors (Lipinski definition) is 3. The molecule has 0 heterocycles. The number of hydrogen-bond acceptors (Lipinski definition) is 2. The van der Waals surface area contributed by atoms with Gasteiger partial charge in [-0.25, -0.2) is 9.59 Å². The number of aromatic carboxylic acids is 1. The van der Waals surface area contributed by atoms with Crippen molar-refractivity contribution >= 4 is 29.3 Å². The Hall–Kier alpha value is -1.75. The summed E-state index contributed by atoms with van der Waals surface area (Å²) in [6.07, 6.45) is 3.13. The number of rotatable bonds is 3. The van der Waals surface area contributed by atoms with Crippen molar-refractivity contribution < 1.29 is 14.7 Å². The number of urea groups is 1. The number of amides is 2. The Balaban J connectivity index is 2.04. The van der Waals surface area contributed by atoms with Gasteiger partial charge in [-0.2, -0.15) is 0 Å². The van der Waals surface area contributed by atoms with E-state index < -0.39 is 5.97 Å². The van der Waals surface area contributed by atoms with E-state index in [1.54, 1.807) is 0 Å². The molecule has 1 saturated carbocycles. The van der Waals surface area contributed by atoms with Crippen molar-refractivity contribution in [3.05, 3.63) is 28.8 Å². The van der Waals surface area contributed by atoms with Gasteiger partial charge in [-0.3, -0.25) is 0 Å². The minimum atomic E-state index is -1.09. The van der Waals surface area contributed by atoms with Gasteiger partial charge in [0.05, 0.1) is 5.56 Å². The van der Waals surface area contributed by atoms with E-state index in [4.69, 9.17) is 16.7 Å². The fraction of sp³-hybridized carbons (Fsp3) is 0.467. The van der Waals surface area contributed by atoms with Crippen molar-refractivity contribution in [2.75, 3.05) is 5.32 Å². The van der Waals surface area contributed by atoms with Crippen LogP contribution in [0.4, 0.5) is 10.5 Å². The molecule has 0 radical (unpaired) electrons. The number of halogens is 1. The van der Waals surface area contributed by atoms with Crippen molar-refractivity contribution in [3.8, 4) is 0 Å². The maximum absolute atomic E-state index is 12.0. The summed E-state index contributed by atoms with van der Waals surface area (Å²) < 4.78 is 0. The minimum Gasteiger partial charge on any atom is -0.478 e. The van der Waals surface area contributed by atoms with Gasteiger partial charge in [-0.1, -0.05) is 31.9 Å². The molecule has 1 aromatic rings. The molecule has 1 atom stereocenters. The first kappa shape index (κ1) is 15.6. The van der Waals surface area contributed by atoms with Gasteiger partial charge in [0.25, 0.3) is 0 Å². The van der Waals surface area contributed by atoms with E-state index in [9.17, 15) is 9.59 Å². The highest BCUT2D eigenvalue weighted by Gasteiger charge is 2.35. The Labute approximate surface area is 128 Å². The second kappa shape index (κ2) is 5.93. The minimum absolute atomic E-state index is 0.0407. The zero-order valence-corrected chi connectivity index (χ0v) is 12.8. The number of carboxylic acid groups (broad SMARTS) is 1. The van der Waals surface area contributed by atoms with Gasteiger partial charge in [-0.15, -0.1) is 0 Å². The summed E-state index contributed by atoms with van der Waals surface area (Å²) in [6.45, 7) is 4.26. The molecule has 1 aliphatic rings. The standard InChI is InChI=1S/C15H19ClN2O3/c1-15(2)5-3-4-12(15)18-14(21)17-11-7-9(13(19)20)6-10(16)8-11/h6-8,12H,3-5H2,1-2H3,(H,19,20)(H2,17,18,21). The number of carboxylic acids is 1. The fourth-order valence-corrected chi connectivity index (χ4v) is 2.94. The van der Waals surface area contributed by atoms with E-state index in [2.05, 4.69) is 24.5 Å². The third-order valence-corrected chi connectivity index (χ3v) is 4.18. The average Bonchev–Trinajstić information content (AvgIpc) is 2.67. The van der Waals surface area contributed by atoms with Gasteiger partial charge in [0.2, 0.25) is 0 Å². The highest BCUT2D eigenvalue weighted by Crippen LogP contribution is 2.37. The highest BCUT2D eigenvalue weighted by atomic mass is 35.5. The quantitative estimate of drug-likeness (QED) is 0.795. The smallest absolute Gasteiger partial charge is 0.335 e. The molecule has 6 heteroatoms. The molecule has 0 spiro atoms. The van der Waals surface area contributed by atoms with E-state index in [-0.39, 0.29) is 28.1 Å². The van der Waals surface area contributed by atoms with Gasteiger partial charge in [-0.05, 0) is 36.5 Å². The molecule has 0 bridgehead atoms. The van der Waals surface area contributed by atoms with E-state index in [0.29, 0.717) is 5.69 Å². The SMILES string of the molecule is CC1(C)CCCC1NC(=O)Nc1cc(Cl)cc(C(=O)O)c1. The lowest BCUT2D eigenvalue weighted by molar-refractivity contribution is 0.0697. The van der Waals surface area contributed by atoms with Crippen LogP contribution in [0.25, 0.3) is 0 Å². The van der Waals surface area contributed by atoms with Crippen LogP contribution in [-0.2, 0) is 0 Å². The summed E-state index contributed by atoms with van der Waals surface area (Å²) in [7, 11) is 0. The average molecular weight is 311 g/mol. The van der Waals surface area contributed by atoms with Crippen molar-refractivity contribution in [1.82, 2.24) is 5.32 Å². The van der Waals surface area contributed by atoms with Crippen molar-refractivity contribution in [2.24, 2.45) is 5.41 Å². The molecule has 1 fully saturated rings. The van der Waals surface area contributed by atoms with Crippen LogP contribution in [0.3, 0.4) is 0 Å². The van der Waals surface area contributed by atoms with Gasteiger partial charge >= 0.3 is 12.0 Å². The summed E-state index contributed by atoms with van der Waals surface area (Å²) in [5.41, 5.74) is 0.491. The molecular weight excluding hydrogens is 292 g/mol. The molecule has 1 aliphatic carbocycles. The number of benzene rings is 1. The second-order valence-electron chi connectivity index (χ2n) is 6.07. The van der Waals surface area contributed by atoms with Crippen LogP contribution in [0.15, 0.2) is 18.2 Å². The third-order valence-electron chi connectivity index (χ3n) is 3.97. The molecule has 1 aromatic carbocycles. The largest absolute Gasteiger partial charge is 0.478 e. The Kier molecular flexibility index (Phi) is 4.42. The molecule has 3 N–H and O–H groups in total. The number of carbonyl (C=O) groups is 2. The van der Waals surface area contributed by atoms with Crippen LogP contribution in [-0.4, -0.2) is 23.1 Å². The maximum Gasteiger partial charge on any atom is 0.335 e. The Morgan fingerprint density at radius 1 is 1.33 bits per heavy atom. The van der Waals surface area contributed by atoms with E-state index in [0.717, 1.165) is 19.3 Å². The van der Waals surface area contributed by atoms with Crippen LogP contribution in [0.1, 0.15) is 43.5 Å². The predicted octanol–water partition coefficient (Wildman–Crippen LogP) is 3.74. The van der Waals surface area contributed by atoms with Crippen LogP contribution < -0.4 is 10.6 Å². The van der Waals surface area contributed by atoms with Crippen molar-refractivity contribution in [1.29, 1.82) is 0 Å². The zero-order chi connectivity index (χ0) is 15.6. The molecule has 21 heavy (non-hydrogen) atoms. The zero-order valence-electron chi connectivity index (χ0n) is 12.1. The molecule has 1 unspecified atom stereocenters. The normalized spacial score (nSPS) is 20.0. The van der Waals surface area contributed by atoms with Gasteiger partial charge in [0, 0.05) is 16.8 Å². The summed E-state index contributed by atoms with van der Waals surface area (Å²) in [5, 5.41) is 14.8. The predicted molar refractivity (Wildman–Crippen MR) is 82.0 cm³/mol. The first-order valence-corrected chi connectivity index (χ1v) is 7.27. The molecule has 0 aromatic heterocycles. The van der Waals surface area contributed by atoms with E-state index in [1.807, 2.05) is 0 Å². The Morgan fingerprint density at radius 2 is 2.05 bits per heavy atom. The molecular formula is C15H19ClN2O3. The fourth-order valence-electron chi connectivity index (χ4n) is 2.71. The molecule has 2 amide bonds. The molecule has 0 aliphatic heterocycles. The van der Waals surface area contributed by atoms with E-state index >= 15 is 0 Å². The molecule has 5 nitrogen and oxygen atoms in total. The summed E-state index contributed by atoms with van der Waals surface area (Å²) in [6, 6.07) is 4.03. The number of nitrogens with one attached hydrogen (secondary N) is 2. The monoisotopic (exact) mass is 310 g/mol. The van der Waals surface area contributed by atoms with Crippen LogP contribution in [0.5, 0.6) is 0 Å². The lowest BCUT2D eigenvalue weighted by atomic mass is 9.87. The molecule has 114 valence electrons. The maximum atomic E-state index is 12.0. The number of anilines is 1. The summed E-state index contributed by atoms with van der Waals surface area (Å²) in [4.78, 5) is 23.0. The third kappa shape index (κ3) is 3.88. The highest BCUT2D eigenvalue weighted by molar-refractivity contribution is 6.31. The summed E-state index contributed by atoms with van der Waals surface area (Å²) in [5.74, 6) is -1.09. The van der Waals surface area contributed by atoms with Crippen LogP contribution in [0.2, 0.25) is 5.02 Å². The van der Waals surface area contributed by atoms with Crippen LogP contribution >= 0.6 is 11.6 Å². The van der Waals surface area contributed by atoms with Gasteiger partial charge in [0.1, 0.15) is 0 Å². The van der Waals surface area contributed by atoms with Crippen LogP contribution in [0, 0.1) is 5.41 Å². The van der Waals surface area contributed by atoms with Crippen molar-refractivity contribution in [3.63, 3.8) is 0 Å². The van der Waals surface area contributed by atoms with E-state index in [1.165, 1.54) is 18.2 Å². The first-order chi connectivity index (χ1) is 9.78. The topological polar surface area (TPSA) is 78.4 Å². The Morgan fingerprint density at radius 3 is 2.62 bits per heavy atom. The lowest BCUT2D eigenvalue weighted by Gasteiger charge is -2.27. The van der Waals surface area contributed by atoms with Gasteiger partial charge < -0.3 is 15.7 Å². The second-order valence-corrected chi connectivity index (χ2v) is 6.50. The van der Waals surface area contributed by atoms with Gasteiger partial charge in [0.15, 0.2) is 0 Å². The Bertz CT molecular complexity index is 572. The first-order valence-electron chi connectivity index (χ1n) is 6.89. The number of carbonyl (C=O) groups excluding carboxylic acids is 1. The lowest BCUT2D eigenvalue weighted by Crippen LogP contribution is -2.43.